The first-order chi connectivity index (χ1) is 9.06. The first kappa shape index (κ1) is 12.9. The van der Waals surface area contributed by atoms with Crippen molar-refractivity contribution in [3.05, 3.63) is 53.3 Å². The molecule has 0 saturated carbocycles. The maximum Gasteiger partial charge on any atom is 0.337 e. The largest absolute Gasteiger partial charge is 0.478 e. The molecule has 5 heteroatoms. The topological polar surface area (TPSA) is 88.2 Å². The van der Waals surface area contributed by atoms with Gasteiger partial charge in [-0.25, -0.2) is 4.79 Å². The first-order valence-electron chi connectivity index (χ1n) is 5.85. The maximum absolute atomic E-state index is 11.1. The highest BCUT2D eigenvalue weighted by molar-refractivity contribution is 5.95. The van der Waals surface area contributed by atoms with E-state index in [4.69, 9.17) is 10.8 Å². The summed E-state index contributed by atoms with van der Waals surface area (Å²) in [6, 6.07) is 10.4. The van der Waals surface area contributed by atoms with Gasteiger partial charge in [0.25, 0.3) is 0 Å². The Bertz CT molecular complexity index is 611. The number of nitrogens with one attached hydrogen (secondary N) is 1. The Balaban J connectivity index is 2.19. The number of hydrogen-bond donors (Lipinski definition) is 3. The maximum atomic E-state index is 11.1. The van der Waals surface area contributed by atoms with Gasteiger partial charge in [-0.05, 0) is 37.3 Å². The molecule has 1 aromatic carbocycles. The summed E-state index contributed by atoms with van der Waals surface area (Å²) in [4.78, 5) is 15.4. The lowest BCUT2D eigenvalue weighted by molar-refractivity contribution is 0.0698. The minimum Gasteiger partial charge on any atom is -0.478 e. The van der Waals surface area contributed by atoms with E-state index in [0.717, 1.165) is 11.4 Å². The number of benzene rings is 1. The smallest absolute Gasteiger partial charge is 0.337 e. The van der Waals surface area contributed by atoms with E-state index >= 15 is 0 Å². The van der Waals surface area contributed by atoms with Crippen LogP contribution in [0.4, 0.5) is 11.4 Å². The van der Waals surface area contributed by atoms with E-state index in [1.54, 1.807) is 12.1 Å². The molecule has 0 bridgehead atoms. The monoisotopic (exact) mass is 257 g/mol. The van der Waals surface area contributed by atoms with Crippen molar-refractivity contribution >= 4 is 17.3 Å². The van der Waals surface area contributed by atoms with Crippen LogP contribution in [0.1, 0.15) is 21.7 Å². The van der Waals surface area contributed by atoms with Crippen LogP contribution in [0.5, 0.6) is 0 Å². The number of aryl methyl sites for hydroxylation is 1. The minimum absolute atomic E-state index is 0.196. The standard InChI is InChI=1S/C14H15N3O2/c1-9-3-2-4-11(17-9)8-16-13-7-10(15)5-6-12(13)14(18)19/h2-7,16H,8,15H2,1H3,(H,18,19). The number of nitrogens with zero attached hydrogens (tertiary/aromatic N) is 1. The summed E-state index contributed by atoms with van der Waals surface area (Å²) in [5, 5.41) is 12.2. The third-order valence-corrected chi connectivity index (χ3v) is 2.68. The number of aromatic nitrogens is 1. The minimum atomic E-state index is -0.986. The molecule has 19 heavy (non-hydrogen) atoms. The molecule has 0 aliphatic carbocycles. The predicted molar refractivity (Wildman–Crippen MR) is 74.1 cm³/mol. The Labute approximate surface area is 111 Å². The number of aromatic carboxylic acids is 1. The predicted octanol–water partition coefficient (Wildman–Crippen LogP) is 2.28. The quantitative estimate of drug-likeness (QED) is 0.731. The number of rotatable bonds is 4. The summed E-state index contributed by atoms with van der Waals surface area (Å²) in [6.45, 7) is 2.36. The van der Waals surface area contributed by atoms with Gasteiger partial charge < -0.3 is 16.2 Å². The number of nitrogens with two attached hydrogens (primary N) is 1. The Morgan fingerprint density at radius 3 is 2.84 bits per heavy atom. The van der Waals surface area contributed by atoms with Gasteiger partial charge in [0.1, 0.15) is 0 Å². The van der Waals surface area contributed by atoms with Gasteiger partial charge in [-0.3, -0.25) is 4.98 Å². The molecule has 2 aromatic rings. The molecular formula is C14H15N3O2. The summed E-state index contributed by atoms with van der Waals surface area (Å²) in [5.41, 5.74) is 8.65. The molecular weight excluding hydrogens is 242 g/mol. The number of carboxylic acids is 1. The number of hydrogen-bond acceptors (Lipinski definition) is 4. The summed E-state index contributed by atoms with van der Waals surface area (Å²) in [7, 11) is 0. The lowest BCUT2D eigenvalue weighted by atomic mass is 10.1. The van der Waals surface area contributed by atoms with Crippen molar-refractivity contribution in [3.8, 4) is 0 Å². The number of carboxylic acid groups (broad SMARTS) is 1. The molecule has 0 atom stereocenters. The highest BCUT2D eigenvalue weighted by Crippen LogP contribution is 2.20. The van der Waals surface area contributed by atoms with Crippen LogP contribution in [0.2, 0.25) is 0 Å². The third kappa shape index (κ3) is 3.22. The van der Waals surface area contributed by atoms with Crippen LogP contribution in [-0.2, 0) is 6.54 Å². The van der Waals surface area contributed by atoms with E-state index in [2.05, 4.69) is 10.3 Å². The van der Waals surface area contributed by atoms with E-state index in [1.165, 1.54) is 6.07 Å². The van der Waals surface area contributed by atoms with E-state index in [-0.39, 0.29) is 5.56 Å². The molecule has 0 radical (unpaired) electrons. The highest BCUT2D eigenvalue weighted by Gasteiger charge is 2.10. The van der Waals surface area contributed by atoms with Crippen molar-refractivity contribution in [2.75, 3.05) is 11.1 Å². The van der Waals surface area contributed by atoms with Crippen molar-refractivity contribution < 1.29 is 9.90 Å². The van der Waals surface area contributed by atoms with Crippen LogP contribution < -0.4 is 11.1 Å². The second-order valence-electron chi connectivity index (χ2n) is 4.23. The summed E-state index contributed by atoms with van der Waals surface area (Å²) < 4.78 is 0. The Hall–Kier alpha value is -2.56. The molecule has 0 fully saturated rings. The van der Waals surface area contributed by atoms with Gasteiger partial charge in [0.2, 0.25) is 0 Å². The van der Waals surface area contributed by atoms with Gasteiger partial charge in [-0.1, -0.05) is 6.07 Å². The highest BCUT2D eigenvalue weighted by atomic mass is 16.4. The SMILES string of the molecule is Cc1cccc(CNc2cc(N)ccc2C(=O)O)n1. The molecule has 0 aliphatic rings. The molecule has 0 spiro atoms. The second-order valence-corrected chi connectivity index (χ2v) is 4.23. The fraction of sp³-hybridized carbons (Fsp3) is 0.143. The molecule has 0 aliphatic heterocycles. The van der Waals surface area contributed by atoms with Crippen molar-refractivity contribution in [2.45, 2.75) is 13.5 Å². The van der Waals surface area contributed by atoms with Crippen LogP contribution in [0, 0.1) is 6.92 Å². The Morgan fingerprint density at radius 1 is 1.37 bits per heavy atom. The summed E-state index contributed by atoms with van der Waals surface area (Å²) in [6.07, 6.45) is 0. The average Bonchev–Trinajstić information content (AvgIpc) is 2.36. The zero-order valence-corrected chi connectivity index (χ0v) is 10.6. The molecule has 2 rings (SSSR count). The Morgan fingerprint density at radius 2 is 2.16 bits per heavy atom. The zero-order valence-electron chi connectivity index (χ0n) is 10.6. The summed E-state index contributed by atoms with van der Waals surface area (Å²) in [5.74, 6) is -0.986. The molecule has 4 N–H and O–H groups in total. The third-order valence-electron chi connectivity index (χ3n) is 2.68. The molecule has 1 heterocycles. The van der Waals surface area contributed by atoms with Crippen molar-refractivity contribution in [1.29, 1.82) is 0 Å². The van der Waals surface area contributed by atoms with Gasteiger partial charge >= 0.3 is 5.97 Å². The molecule has 98 valence electrons. The van der Waals surface area contributed by atoms with Crippen LogP contribution in [0.25, 0.3) is 0 Å². The molecule has 0 unspecified atom stereocenters. The number of nitrogen functional groups attached to an aromatic ring is 1. The van der Waals surface area contributed by atoms with E-state index in [0.29, 0.717) is 17.9 Å². The van der Waals surface area contributed by atoms with Gasteiger partial charge in [-0.2, -0.15) is 0 Å². The van der Waals surface area contributed by atoms with Crippen LogP contribution in [-0.4, -0.2) is 16.1 Å². The van der Waals surface area contributed by atoms with Gasteiger partial charge in [0, 0.05) is 11.4 Å². The van der Waals surface area contributed by atoms with Crippen LogP contribution in [0.3, 0.4) is 0 Å². The van der Waals surface area contributed by atoms with E-state index in [1.807, 2.05) is 25.1 Å². The van der Waals surface area contributed by atoms with E-state index in [9.17, 15) is 4.79 Å². The first-order valence-corrected chi connectivity index (χ1v) is 5.85. The van der Waals surface area contributed by atoms with Crippen molar-refractivity contribution in [2.24, 2.45) is 0 Å². The fourth-order valence-electron chi connectivity index (χ4n) is 1.78. The normalized spacial score (nSPS) is 10.2. The van der Waals surface area contributed by atoms with Crippen molar-refractivity contribution in [1.82, 2.24) is 4.98 Å². The number of pyridine rings is 1. The summed E-state index contributed by atoms with van der Waals surface area (Å²) >= 11 is 0. The van der Waals surface area contributed by atoms with Crippen molar-refractivity contribution in [3.63, 3.8) is 0 Å². The van der Waals surface area contributed by atoms with Gasteiger partial charge in [-0.15, -0.1) is 0 Å². The average molecular weight is 257 g/mol. The van der Waals surface area contributed by atoms with Crippen LogP contribution >= 0.6 is 0 Å². The van der Waals surface area contributed by atoms with Crippen LogP contribution in [0.15, 0.2) is 36.4 Å². The number of anilines is 2. The lowest BCUT2D eigenvalue weighted by Crippen LogP contribution is -2.08. The van der Waals surface area contributed by atoms with Gasteiger partial charge in [0.15, 0.2) is 0 Å². The Kier molecular flexibility index (Phi) is 3.66. The molecule has 1 aromatic heterocycles. The van der Waals surface area contributed by atoms with Gasteiger partial charge in [0.05, 0.1) is 23.5 Å². The zero-order chi connectivity index (χ0) is 13.8. The van der Waals surface area contributed by atoms with E-state index < -0.39 is 5.97 Å². The molecule has 0 saturated heterocycles. The molecule has 0 amide bonds. The molecule has 5 nitrogen and oxygen atoms in total. The second kappa shape index (κ2) is 5.39. The lowest BCUT2D eigenvalue weighted by Gasteiger charge is -2.10. The fourth-order valence-corrected chi connectivity index (χ4v) is 1.78. The number of carbonyl (C=O) groups is 1.